The van der Waals surface area contributed by atoms with Crippen molar-refractivity contribution >= 4 is 0 Å². The van der Waals surface area contributed by atoms with Crippen LogP contribution in [0.15, 0.2) is 0 Å². The largest absolute Gasteiger partial charge is 0.327 e. The molecule has 4 atom stereocenters. The molecular weight excluding hydrogens is 232 g/mol. The van der Waals surface area contributed by atoms with E-state index in [0.717, 1.165) is 11.8 Å². The van der Waals surface area contributed by atoms with Crippen molar-refractivity contribution in [2.75, 3.05) is 19.6 Å². The van der Waals surface area contributed by atoms with E-state index in [4.69, 9.17) is 5.73 Å². The fourth-order valence-corrected chi connectivity index (χ4v) is 4.23. The molecule has 2 rings (SSSR count). The summed E-state index contributed by atoms with van der Waals surface area (Å²) >= 11 is 0. The second-order valence-electron chi connectivity index (χ2n) is 7.72. The Morgan fingerprint density at radius 2 is 1.95 bits per heavy atom. The van der Waals surface area contributed by atoms with Gasteiger partial charge in [0.15, 0.2) is 0 Å². The molecule has 1 saturated carbocycles. The van der Waals surface area contributed by atoms with Crippen molar-refractivity contribution < 1.29 is 0 Å². The summed E-state index contributed by atoms with van der Waals surface area (Å²) in [6, 6.07) is 0.413. The highest BCUT2D eigenvalue weighted by molar-refractivity contribution is 4.94. The first kappa shape index (κ1) is 15.3. The summed E-state index contributed by atoms with van der Waals surface area (Å²) in [5.74, 6) is 2.43. The van der Waals surface area contributed by atoms with Gasteiger partial charge in [-0.1, -0.05) is 34.1 Å². The Hall–Kier alpha value is -0.0800. The Bertz CT molecular complexity index is 287. The summed E-state index contributed by atoms with van der Waals surface area (Å²) in [6.07, 6.45) is 6.75. The van der Waals surface area contributed by atoms with Crippen LogP contribution >= 0.6 is 0 Å². The van der Waals surface area contributed by atoms with Gasteiger partial charge < -0.3 is 10.6 Å². The highest BCUT2D eigenvalue weighted by atomic mass is 15.1. The average molecular weight is 266 g/mol. The van der Waals surface area contributed by atoms with E-state index in [1.165, 1.54) is 51.7 Å². The van der Waals surface area contributed by atoms with Gasteiger partial charge in [-0.05, 0) is 55.4 Å². The van der Waals surface area contributed by atoms with Crippen molar-refractivity contribution in [3.8, 4) is 0 Å². The summed E-state index contributed by atoms with van der Waals surface area (Å²) in [6.45, 7) is 13.6. The van der Waals surface area contributed by atoms with Crippen molar-refractivity contribution in [1.82, 2.24) is 4.90 Å². The van der Waals surface area contributed by atoms with Crippen molar-refractivity contribution in [2.24, 2.45) is 28.9 Å². The fraction of sp³-hybridized carbons (Fsp3) is 1.00. The number of hydrogen-bond acceptors (Lipinski definition) is 2. The first-order valence-corrected chi connectivity index (χ1v) is 8.43. The van der Waals surface area contributed by atoms with Crippen molar-refractivity contribution in [3.05, 3.63) is 0 Å². The van der Waals surface area contributed by atoms with Crippen LogP contribution in [0.1, 0.15) is 59.8 Å². The van der Waals surface area contributed by atoms with Gasteiger partial charge >= 0.3 is 0 Å². The lowest BCUT2D eigenvalue weighted by Gasteiger charge is -2.49. The molecular formula is C17H34N2. The number of nitrogens with zero attached hydrogens (tertiary/aromatic N) is 1. The number of hydrogen-bond donors (Lipinski definition) is 1. The van der Waals surface area contributed by atoms with Crippen LogP contribution in [-0.2, 0) is 0 Å². The van der Waals surface area contributed by atoms with Gasteiger partial charge in [0.25, 0.3) is 0 Å². The average Bonchev–Trinajstić information content (AvgIpc) is 2.40. The first-order valence-electron chi connectivity index (χ1n) is 8.43. The Morgan fingerprint density at radius 1 is 1.21 bits per heavy atom. The van der Waals surface area contributed by atoms with Crippen molar-refractivity contribution in [1.29, 1.82) is 0 Å². The molecule has 0 spiro atoms. The zero-order chi connectivity index (χ0) is 14.0. The molecule has 0 amide bonds. The van der Waals surface area contributed by atoms with Crippen LogP contribution < -0.4 is 5.73 Å². The summed E-state index contributed by atoms with van der Waals surface area (Å²) < 4.78 is 0. The van der Waals surface area contributed by atoms with Crippen LogP contribution in [0.4, 0.5) is 0 Å². The molecule has 2 N–H and O–H groups in total. The van der Waals surface area contributed by atoms with Gasteiger partial charge in [0.2, 0.25) is 0 Å². The Kier molecular flexibility index (Phi) is 4.94. The lowest BCUT2D eigenvalue weighted by atomic mass is 9.61. The molecule has 0 aromatic carbocycles. The van der Waals surface area contributed by atoms with E-state index in [1.807, 2.05) is 0 Å². The molecule has 0 radical (unpaired) electrons. The van der Waals surface area contributed by atoms with E-state index in [0.29, 0.717) is 17.4 Å². The molecule has 1 aliphatic carbocycles. The predicted molar refractivity (Wildman–Crippen MR) is 83.1 cm³/mol. The number of piperidine rings is 1. The van der Waals surface area contributed by atoms with Crippen molar-refractivity contribution in [2.45, 2.75) is 65.8 Å². The van der Waals surface area contributed by atoms with Crippen molar-refractivity contribution in [3.63, 3.8) is 0 Å². The molecule has 0 aromatic heterocycles. The zero-order valence-electron chi connectivity index (χ0n) is 13.5. The molecule has 2 fully saturated rings. The molecule has 4 unspecified atom stereocenters. The van der Waals surface area contributed by atoms with Gasteiger partial charge in [0.1, 0.15) is 0 Å². The van der Waals surface area contributed by atoms with Gasteiger partial charge in [-0.2, -0.15) is 0 Å². The van der Waals surface area contributed by atoms with E-state index in [-0.39, 0.29) is 0 Å². The second kappa shape index (κ2) is 6.13. The molecule has 1 aliphatic heterocycles. The van der Waals surface area contributed by atoms with Crippen LogP contribution in [0.2, 0.25) is 0 Å². The number of likely N-dealkylation sites (tertiary alicyclic amines) is 1. The third-order valence-corrected chi connectivity index (χ3v) is 6.38. The smallest absolute Gasteiger partial charge is 0.00698 e. The Morgan fingerprint density at radius 3 is 2.63 bits per heavy atom. The number of rotatable bonds is 3. The zero-order valence-corrected chi connectivity index (χ0v) is 13.5. The van der Waals surface area contributed by atoms with Crippen LogP contribution in [0, 0.1) is 23.2 Å². The normalized spacial score (nSPS) is 40.3. The van der Waals surface area contributed by atoms with Crippen LogP contribution in [0.5, 0.6) is 0 Å². The summed E-state index contributed by atoms with van der Waals surface area (Å²) in [5, 5.41) is 0. The van der Waals surface area contributed by atoms with E-state index >= 15 is 0 Å². The van der Waals surface area contributed by atoms with Gasteiger partial charge in [0.05, 0.1) is 0 Å². The lowest BCUT2D eigenvalue weighted by Crippen LogP contribution is -2.51. The summed E-state index contributed by atoms with van der Waals surface area (Å²) in [5.41, 5.74) is 6.68. The van der Waals surface area contributed by atoms with Gasteiger partial charge in [-0.25, -0.2) is 0 Å². The van der Waals surface area contributed by atoms with Gasteiger partial charge in [0, 0.05) is 19.1 Å². The second-order valence-corrected chi connectivity index (χ2v) is 7.72. The molecule has 2 aliphatic rings. The van der Waals surface area contributed by atoms with Gasteiger partial charge in [-0.3, -0.25) is 0 Å². The molecule has 1 heterocycles. The lowest BCUT2D eigenvalue weighted by molar-refractivity contribution is 0.0187. The molecule has 19 heavy (non-hydrogen) atoms. The Labute approximate surface area is 120 Å². The third kappa shape index (κ3) is 3.33. The maximum absolute atomic E-state index is 6.28. The van der Waals surface area contributed by atoms with Crippen LogP contribution in [-0.4, -0.2) is 30.6 Å². The minimum Gasteiger partial charge on any atom is -0.327 e. The van der Waals surface area contributed by atoms with E-state index in [2.05, 4.69) is 32.6 Å². The minimum atomic E-state index is 0.400. The maximum atomic E-state index is 6.28. The van der Waals surface area contributed by atoms with Crippen LogP contribution in [0.25, 0.3) is 0 Å². The SMILES string of the molecule is CCC1CCCN(CC2CCC(N)C(C)C2(C)C)C1. The highest BCUT2D eigenvalue weighted by Crippen LogP contribution is 2.44. The summed E-state index contributed by atoms with van der Waals surface area (Å²) in [7, 11) is 0. The highest BCUT2D eigenvalue weighted by Gasteiger charge is 2.42. The first-order chi connectivity index (χ1) is 8.95. The molecule has 0 bridgehead atoms. The third-order valence-electron chi connectivity index (χ3n) is 6.38. The quantitative estimate of drug-likeness (QED) is 0.847. The minimum absolute atomic E-state index is 0.400. The monoisotopic (exact) mass is 266 g/mol. The number of nitrogens with two attached hydrogens (primary N) is 1. The molecule has 112 valence electrons. The predicted octanol–water partition coefficient (Wildman–Crippen LogP) is 3.51. The van der Waals surface area contributed by atoms with Crippen LogP contribution in [0.3, 0.4) is 0 Å². The van der Waals surface area contributed by atoms with E-state index < -0.39 is 0 Å². The molecule has 1 saturated heterocycles. The van der Waals surface area contributed by atoms with Gasteiger partial charge in [-0.15, -0.1) is 0 Å². The topological polar surface area (TPSA) is 29.3 Å². The molecule has 2 heteroatoms. The molecule has 0 aromatic rings. The van der Waals surface area contributed by atoms with E-state index in [1.54, 1.807) is 0 Å². The summed E-state index contributed by atoms with van der Waals surface area (Å²) in [4.78, 5) is 2.74. The molecule has 2 nitrogen and oxygen atoms in total. The fourth-order valence-electron chi connectivity index (χ4n) is 4.23. The maximum Gasteiger partial charge on any atom is 0.00698 e. The van der Waals surface area contributed by atoms with E-state index in [9.17, 15) is 0 Å². The Balaban J connectivity index is 1.94. The standard InChI is InChI=1S/C17H34N2/c1-5-14-7-6-10-19(11-14)12-15-8-9-16(18)13(2)17(15,3)4/h13-16H,5-12,18H2,1-4H3.